The summed E-state index contributed by atoms with van der Waals surface area (Å²) in [6.07, 6.45) is 0. The highest BCUT2D eigenvalue weighted by atomic mass is 29.3. The molecule has 0 radical (unpaired) electrons. The van der Waals surface area contributed by atoms with Crippen molar-refractivity contribution in [2.45, 2.75) is 13.1 Å². The van der Waals surface area contributed by atoms with E-state index in [0.717, 1.165) is 0 Å². The number of hydrogen-bond donors (Lipinski definition) is 0. The summed E-state index contributed by atoms with van der Waals surface area (Å²) in [4.78, 5) is 0. The van der Waals surface area contributed by atoms with Crippen molar-refractivity contribution in [2.75, 3.05) is 14.2 Å². The van der Waals surface area contributed by atoms with Crippen LogP contribution >= 0.6 is 0 Å². The van der Waals surface area contributed by atoms with Crippen LogP contribution in [0.4, 0.5) is 0 Å². The maximum absolute atomic E-state index is 6.47. The van der Waals surface area contributed by atoms with Crippen molar-refractivity contribution in [3.8, 4) is 0 Å². The molecule has 4 aromatic carbocycles. The summed E-state index contributed by atoms with van der Waals surface area (Å²) in [5.74, 6) is 0. The number of rotatable bonds is 5. The van der Waals surface area contributed by atoms with Gasteiger partial charge in [0.25, 0.3) is 0 Å². The van der Waals surface area contributed by atoms with E-state index >= 15 is 0 Å². The fourth-order valence-electron chi connectivity index (χ4n) is 4.41. The second kappa shape index (κ2) is 7.30. The van der Waals surface area contributed by atoms with Gasteiger partial charge in [0.2, 0.25) is 15.7 Å². The molecule has 0 saturated heterocycles. The van der Waals surface area contributed by atoms with Gasteiger partial charge in [-0.2, -0.15) is 0 Å². The molecule has 0 fully saturated rings. The summed E-state index contributed by atoms with van der Waals surface area (Å²) in [6.45, 7) is 4.65. The van der Waals surface area contributed by atoms with E-state index < -0.39 is 15.7 Å². The Bertz CT molecular complexity index is 1040. The van der Waals surface area contributed by atoms with Crippen molar-refractivity contribution in [3.63, 3.8) is 0 Å². The number of hydrogen-bond acceptors (Lipinski definition) is 2. The molecule has 28 heavy (non-hydrogen) atoms. The van der Waals surface area contributed by atoms with Crippen LogP contribution in [0.5, 0.6) is 0 Å². The maximum Gasteiger partial charge on any atom is 0.243 e. The SMILES string of the molecule is CO[Si](C)(c1cccc2ccccc12)[Si](C)(OC)c1cccc2ccccc12. The van der Waals surface area contributed by atoms with Gasteiger partial charge in [-0.1, -0.05) is 84.9 Å². The minimum Gasteiger partial charge on any atom is -0.415 e. The Balaban J connectivity index is 2.03. The molecule has 4 rings (SSSR count). The smallest absolute Gasteiger partial charge is 0.243 e. The van der Waals surface area contributed by atoms with Crippen LogP contribution in [-0.2, 0) is 8.85 Å². The molecule has 0 bridgehead atoms. The van der Waals surface area contributed by atoms with Gasteiger partial charge in [0.05, 0.1) is 0 Å². The van der Waals surface area contributed by atoms with Crippen molar-refractivity contribution >= 4 is 47.6 Å². The van der Waals surface area contributed by atoms with E-state index in [4.69, 9.17) is 8.85 Å². The quantitative estimate of drug-likeness (QED) is 0.453. The zero-order chi connectivity index (χ0) is 19.8. The van der Waals surface area contributed by atoms with Crippen molar-refractivity contribution in [3.05, 3.63) is 84.9 Å². The van der Waals surface area contributed by atoms with Gasteiger partial charge in [0, 0.05) is 14.2 Å². The molecule has 0 aromatic heterocycles. The Morgan fingerprint density at radius 3 is 1.25 bits per heavy atom. The molecule has 4 aromatic rings. The zero-order valence-corrected chi connectivity index (χ0v) is 18.9. The Morgan fingerprint density at radius 2 is 0.857 bits per heavy atom. The van der Waals surface area contributed by atoms with Gasteiger partial charge in [0.1, 0.15) is 0 Å². The first-order valence-electron chi connectivity index (χ1n) is 9.62. The van der Waals surface area contributed by atoms with Crippen LogP contribution < -0.4 is 10.4 Å². The van der Waals surface area contributed by atoms with E-state index in [1.54, 1.807) is 0 Å². The zero-order valence-electron chi connectivity index (χ0n) is 16.9. The molecular formula is C24H26O2Si2. The lowest BCUT2D eigenvalue weighted by molar-refractivity contribution is 0.387. The van der Waals surface area contributed by atoms with E-state index in [2.05, 4.69) is 98.0 Å². The summed E-state index contributed by atoms with van der Waals surface area (Å²) in [7, 11) is -1.19. The van der Waals surface area contributed by atoms with Crippen molar-refractivity contribution in [2.24, 2.45) is 0 Å². The van der Waals surface area contributed by atoms with Gasteiger partial charge in [-0.05, 0) is 45.0 Å². The van der Waals surface area contributed by atoms with E-state index in [9.17, 15) is 0 Å². The van der Waals surface area contributed by atoms with E-state index in [1.807, 2.05) is 14.2 Å². The van der Waals surface area contributed by atoms with Gasteiger partial charge >= 0.3 is 0 Å². The molecule has 0 amide bonds. The molecule has 0 aliphatic carbocycles. The summed E-state index contributed by atoms with van der Waals surface area (Å²) in [6, 6.07) is 30.3. The van der Waals surface area contributed by atoms with Gasteiger partial charge in [0.15, 0.2) is 0 Å². The minimum atomic E-state index is -2.46. The van der Waals surface area contributed by atoms with Gasteiger partial charge in [-0.25, -0.2) is 0 Å². The lowest BCUT2D eigenvalue weighted by Crippen LogP contribution is -2.75. The first-order valence-corrected chi connectivity index (χ1v) is 15.4. The minimum absolute atomic E-state index is 1.25. The van der Waals surface area contributed by atoms with Gasteiger partial charge in [-0.15, -0.1) is 0 Å². The van der Waals surface area contributed by atoms with Crippen molar-refractivity contribution in [1.29, 1.82) is 0 Å². The molecule has 0 spiro atoms. The van der Waals surface area contributed by atoms with Gasteiger partial charge < -0.3 is 8.85 Å². The highest BCUT2D eigenvalue weighted by Gasteiger charge is 2.55. The Labute approximate surface area is 168 Å². The normalized spacial score (nSPS) is 16.0. The number of benzene rings is 4. The molecule has 0 saturated carbocycles. The molecule has 2 unspecified atom stereocenters. The third kappa shape index (κ3) is 2.76. The summed E-state index contributed by atoms with van der Waals surface area (Å²) in [5.41, 5.74) is 0. The predicted molar refractivity (Wildman–Crippen MR) is 124 cm³/mol. The lowest BCUT2D eigenvalue weighted by Gasteiger charge is -2.41. The van der Waals surface area contributed by atoms with E-state index in [0.29, 0.717) is 0 Å². The molecular weight excluding hydrogens is 376 g/mol. The summed E-state index contributed by atoms with van der Waals surface area (Å²) >= 11 is 0. The second-order valence-corrected chi connectivity index (χ2v) is 19.3. The average Bonchev–Trinajstić information content (AvgIpc) is 2.77. The lowest BCUT2D eigenvalue weighted by atomic mass is 10.1. The maximum atomic E-state index is 6.47. The molecule has 2 atom stereocenters. The summed E-state index contributed by atoms with van der Waals surface area (Å²) in [5, 5.41) is 7.69. The van der Waals surface area contributed by atoms with Crippen LogP contribution in [0.3, 0.4) is 0 Å². The van der Waals surface area contributed by atoms with Crippen LogP contribution in [0.15, 0.2) is 84.9 Å². The largest absolute Gasteiger partial charge is 0.415 e. The monoisotopic (exact) mass is 402 g/mol. The molecule has 0 heterocycles. The topological polar surface area (TPSA) is 18.5 Å². The molecule has 142 valence electrons. The van der Waals surface area contributed by atoms with Crippen molar-refractivity contribution in [1.82, 2.24) is 0 Å². The Morgan fingerprint density at radius 1 is 0.500 bits per heavy atom. The van der Waals surface area contributed by atoms with Crippen LogP contribution in [0.2, 0.25) is 13.1 Å². The summed E-state index contributed by atoms with van der Waals surface area (Å²) < 4.78 is 12.9. The average molecular weight is 403 g/mol. The van der Waals surface area contributed by atoms with Crippen LogP contribution in [0, 0.1) is 0 Å². The van der Waals surface area contributed by atoms with Crippen molar-refractivity contribution < 1.29 is 8.85 Å². The molecule has 0 N–H and O–H groups in total. The van der Waals surface area contributed by atoms with Crippen LogP contribution in [0.1, 0.15) is 0 Å². The highest BCUT2D eigenvalue weighted by Crippen LogP contribution is 2.27. The third-order valence-corrected chi connectivity index (χ3v) is 21.0. The second-order valence-electron chi connectivity index (χ2n) is 7.53. The highest BCUT2D eigenvalue weighted by molar-refractivity contribution is 7.46. The Hall–Kier alpha value is -2.25. The molecule has 4 heteroatoms. The Kier molecular flexibility index (Phi) is 4.97. The van der Waals surface area contributed by atoms with E-state index in [-0.39, 0.29) is 0 Å². The molecule has 2 nitrogen and oxygen atoms in total. The predicted octanol–water partition coefficient (Wildman–Crippen LogP) is 4.63. The fourth-order valence-corrected chi connectivity index (χ4v) is 15.7. The first-order chi connectivity index (χ1) is 13.5. The fraction of sp³-hybridized carbons (Fsp3) is 0.167. The van der Waals surface area contributed by atoms with E-state index in [1.165, 1.54) is 31.9 Å². The standard InChI is InChI=1S/C24H26O2Si2/c1-25-27(3,23-17-9-13-19-11-5-7-15-21(19)23)28(4,26-2)24-18-10-14-20-12-6-8-16-22(20)24/h5-18H,1-4H3. The van der Waals surface area contributed by atoms with Crippen LogP contribution in [-0.4, -0.2) is 29.9 Å². The van der Waals surface area contributed by atoms with Gasteiger partial charge in [-0.3, -0.25) is 0 Å². The van der Waals surface area contributed by atoms with Crippen LogP contribution in [0.25, 0.3) is 21.5 Å². The molecule has 0 aliphatic rings. The third-order valence-electron chi connectivity index (χ3n) is 6.33. The molecule has 0 aliphatic heterocycles. The number of fused-ring (bicyclic) bond motifs is 2. The first kappa shape index (κ1) is 19.1.